The van der Waals surface area contributed by atoms with Crippen LogP contribution in [0.5, 0.6) is 0 Å². The SMILES string of the molecule is CC(Nc1nc(N)nc(N)c1C#N)c1nc2ccc(F)c(Cl)c2c(=O)n1-c1cc(F)cc(C(F)F)c1. The van der Waals surface area contributed by atoms with Crippen LogP contribution in [0.15, 0.2) is 35.1 Å². The maximum absolute atomic E-state index is 14.3. The number of halogens is 5. The molecule has 0 bridgehead atoms. The molecule has 2 aromatic carbocycles. The number of nitrogens with two attached hydrogens (primary N) is 2. The molecule has 4 aromatic rings. The van der Waals surface area contributed by atoms with Crippen molar-refractivity contribution in [3.63, 3.8) is 0 Å². The van der Waals surface area contributed by atoms with Crippen molar-refractivity contribution in [3.8, 4) is 11.8 Å². The van der Waals surface area contributed by atoms with Gasteiger partial charge in [0.25, 0.3) is 12.0 Å². The van der Waals surface area contributed by atoms with Crippen molar-refractivity contribution in [2.45, 2.75) is 19.4 Å². The summed E-state index contributed by atoms with van der Waals surface area (Å²) in [6.45, 7) is 1.50. The van der Waals surface area contributed by atoms with Crippen LogP contribution >= 0.6 is 11.6 Å². The van der Waals surface area contributed by atoms with E-state index in [-0.39, 0.29) is 45.6 Å². The second-order valence-corrected chi connectivity index (χ2v) is 7.96. The van der Waals surface area contributed by atoms with E-state index >= 15 is 0 Å². The van der Waals surface area contributed by atoms with Gasteiger partial charge in [-0.1, -0.05) is 11.6 Å². The first-order chi connectivity index (χ1) is 17.0. The highest BCUT2D eigenvalue weighted by atomic mass is 35.5. The summed E-state index contributed by atoms with van der Waals surface area (Å²) < 4.78 is 56.0. The summed E-state index contributed by atoms with van der Waals surface area (Å²) in [7, 11) is 0. The van der Waals surface area contributed by atoms with Crippen LogP contribution in [0.3, 0.4) is 0 Å². The van der Waals surface area contributed by atoms with Crippen LogP contribution in [-0.2, 0) is 0 Å². The normalized spacial score (nSPS) is 12.1. The summed E-state index contributed by atoms with van der Waals surface area (Å²) in [5, 5.41) is 11.4. The summed E-state index contributed by atoms with van der Waals surface area (Å²) in [5.74, 6) is -2.64. The van der Waals surface area contributed by atoms with Gasteiger partial charge in [-0.05, 0) is 37.3 Å². The monoisotopic (exact) mass is 518 g/mol. The molecule has 4 rings (SSSR count). The van der Waals surface area contributed by atoms with Crippen LogP contribution in [0.4, 0.5) is 35.1 Å². The second kappa shape index (κ2) is 9.31. The fourth-order valence-electron chi connectivity index (χ4n) is 3.60. The predicted octanol–water partition coefficient (Wildman–Crippen LogP) is 4.25. The van der Waals surface area contributed by atoms with Gasteiger partial charge in [0.05, 0.1) is 27.7 Å². The lowest BCUT2D eigenvalue weighted by Gasteiger charge is -2.21. The summed E-state index contributed by atoms with van der Waals surface area (Å²) >= 11 is 6.02. The summed E-state index contributed by atoms with van der Waals surface area (Å²) in [6.07, 6.45) is -3.05. The largest absolute Gasteiger partial charge is 0.382 e. The summed E-state index contributed by atoms with van der Waals surface area (Å²) in [5.41, 5.74) is 9.24. The molecule has 0 radical (unpaired) electrons. The number of rotatable bonds is 5. The van der Waals surface area contributed by atoms with Crippen LogP contribution in [0.1, 0.15) is 36.3 Å². The topological polar surface area (TPSA) is 149 Å². The lowest BCUT2D eigenvalue weighted by Crippen LogP contribution is -2.28. The molecule has 0 spiro atoms. The molecule has 2 heterocycles. The van der Waals surface area contributed by atoms with E-state index in [9.17, 15) is 27.6 Å². The van der Waals surface area contributed by atoms with Crippen LogP contribution in [0, 0.1) is 23.0 Å². The van der Waals surface area contributed by atoms with Crippen LogP contribution in [-0.4, -0.2) is 19.5 Å². The van der Waals surface area contributed by atoms with Gasteiger partial charge >= 0.3 is 0 Å². The van der Waals surface area contributed by atoms with E-state index < -0.39 is 40.2 Å². The molecule has 5 N–H and O–H groups in total. The zero-order valence-electron chi connectivity index (χ0n) is 18.2. The van der Waals surface area contributed by atoms with Gasteiger partial charge < -0.3 is 16.8 Å². The van der Waals surface area contributed by atoms with E-state index in [4.69, 9.17) is 23.1 Å². The average molecular weight is 519 g/mol. The van der Waals surface area contributed by atoms with Crippen LogP contribution in [0.25, 0.3) is 16.6 Å². The Balaban J connectivity index is 2.01. The second-order valence-electron chi connectivity index (χ2n) is 7.58. The molecule has 0 saturated carbocycles. The highest BCUT2D eigenvalue weighted by Crippen LogP contribution is 2.29. The van der Waals surface area contributed by atoms with E-state index in [2.05, 4.69) is 20.3 Å². The van der Waals surface area contributed by atoms with Gasteiger partial charge in [0.15, 0.2) is 5.82 Å². The molecular formula is C22H15ClF4N8O. The lowest BCUT2D eigenvalue weighted by molar-refractivity contribution is 0.151. The number of hydrogen-bond acceptors (Lipinski definition) is 8. The zero-order valence-corrected chi connectivity index (χ0v) is 19.0. The number of anilines is 3. The Hall–Kier alpha value is -4.44. The molecule has 36 heavy (non-hydrogen) atoms. The molecule has 1 unspecified atom stereocenters. The highest BCUT2D eigenvalue weighted by Gasteiger charge is 2.24. The van der Waals surface area contributed by atoms with Crippen molar-refractivity contribution in [2.75, 3.05) is 16.8 Å². The van der Waals surface area contributed by atoms with Crippen molar-refractivity contribution in [2.24, 2.45) is 0 Å². The van der Waals surface area contributed by atoms with Crippen molar-refractivity contribution in [3.05, 3.63) is 74.3 Å². The quantitative estimate of drug-likeness (QED) is 0.332. The van der Waals surface area contributed by atoms with Crippen LogP contribution in [0.2, 0.25) is 5.02 Å². The Morgan fingerprint density at radius 1 is 1.14 bits per heavy atom. The van der Waals surface area contributed by atoms with Gasteiger partial charge in [-0.25, -0.2) is 22.5 Å². The smallest absolute Gasteiger partial charge is 0.267 e. The van der Waals surface area contributed by atoms with Crippen molar-refractivity contribution >= 4 is 40.1 Å². The molecule has 184 valence electrons. The van der Waals surface area contributed by atoms with Gasteiger partial charge in [0, 0.05) is 5.56 Å². The average Bonchev–Trinajstić information content (AvgIpc) is 2.80. The highest BCUT2D eigenvalue weighted by molar-refractivity contribution is 6.35. The third-order valence-electron chi connectivity index (χ3n) is 5.18. The number of benzene rings is 2. The Kier molecular flexibility index (Phi) is 6.38. The Bertz CT molecular complexity index is 1620. The first kappa shape index (κ1) is 24.7. The van der Waals surface area contributed by atoms with E-state index in [1.807, 2.05) is 6.07 Å². The first-order valence-electron chi connectivity index (χ1n) is 10.1. The van der Waals surface area contributed by atoms with Gasteiger partial charge in [-0.3, -0.25) is 9.36 Å². The van der Waals surface area contributed by atoms with Crippen molar-refractivity contribution in [1.82, 2.24) is 19.5 Å². The molecule has 0 fully saturated rings. The number of nitriles is 1. The van der Waals surface area contributed by atoms with E-state index in [1.54, 1.807) is 0 Å². The third-order valence-corrected chi connectivity index (χ3v) is 5.55. The van der Waals surface area contributed by atoms with Gasteiger partial charge in [-0.2, -0.15) is 15.2 Å². The maximum atomic E-state index is 14.3. The molecule has 0 aliphatic rings. The fourth-order valence-corrected chi connectivity index (χ4v) is 3.84. The standard InChI is InChI=1S/C22H15ClF4N8O/c1-8(31-19-12(7-28)18(29)33-22(30)34-19)20-32-14-3-2-13(25)16(23)15(14)21(36)35(20)11-5-9(17(26)27)4-10(24)6-11/h2-6,8,17H,1H3,(H5,29,30,31,33,34). The minimum absolute atomic E-state index is 0.0148. The Labute approximate surface area is 205 Å². The molecule has 0 aliphatic heterocycles. The number of nitrogens with zero attached hydrogens (tertiary/aromatic N) is 5. The third kappa shape index (κ3) is 4.34. The zero-order chi connectivity index (χ0) is 26.3. The minimum atomic E-state index is -3.05. The van der Waals surface area contributed by atoms with E-state index in [1.165, 1.54) is 13.0 Å². The number of nitrogen functional groups attached to an aromatic ring is 2. The summed E-state index contributed by atoms with van der Waals surface area (Å²) in [4.78, 5) is 25.5. The fraction of sp³-hybridized carbons (Fsp3) is 0.136. The Morgan fingerprint density at radius 3 is 2.53 bits per heavy atom. The molecule has 0 aliphatic carbocycles. The molecule has 2 aromatic heterocycles. The van der Waals surface area contributed by atoms with Gasteiger partial charge in [-0.15, -0.1) is 0 Å². The van der Waals surface area contributed by atoms with Gasteiger partial charge in [0.1, 0.15) is 34.9 Å². The molecular weight excluding hydrogens is 504 g/mol. The van der Waals surface area contributed by atoms with Crippen molar-refractivity contribution < 1.29 is 17.6 Å². The molecule has 9 nitrogen and oxygen atoms in total. The summed E-state index contributed by atoms with van der Waals surface area (Å²) in [6, 6.07) is 5.40. The number of alkyl halides is 2. The number of fused-ring (bicyclic) bond motifs is 1. The molecule has 1 atom stereocenters. The molecule has 0 amide bonds. The number of hydrogen-bond donors (Lipinski definition) is 3. The van der Waals surface area contributed by atoms with Crippen LogP contribution < -0.4 is 22.3 Å². The number of nitrogens with one attached hydrogen (secondary N) is 1. The number of aromatic nitrogens is 4. The minimum Gasteiger partial charge on any atom is -0.382 e. The first-order valence-corrected chi connectivity index (χ1v) is 10.5. The van der Waals surface area contributed by atoms with E-state index in [0.29, 0.717) is 6.07 Å². The molecule has 0 saturated heterocycles. The molecule has 14 heteroatoms. The predicted molar refractivity (Wildman–Crippen MR) is 125 cm³/mol. The van der Waals surface area contributed by atoms with Gasteiger partial charge in [0.2, 0.25) is 5.95 Å². The Morgan fingerprint density at radius 2 is 1.86 bits per heavy atom. The van der Waals surface area contributed by atoms with Crippen molar-refractivity contribution in [1.29, 1.82) is 5.26 Å². The lowest BCUT2D eigenvalue weighted by atomic mass is 10.1. The maximum Gasteiger partial charge on any atom is 0.267 e. The van der Waals surface area contributed by atoms with E-state index in [0.717, 1.165) is 22.8 Å².